The molecule has 2 N–H and O–H groups in total. The van der Waals surface area contributed by atoms with Crippen molar-refractivity contribution in [3.05, 3.63) is 29.8 Å². The predicted molar refractivity (Wildman–Crippen MR) is 51.8 cm³/mol. The Morgan fingerprint density at radius 3 is 2.50 bits per heavy atom. The maximum Gasteiger partial charge on any atom is 0.320 e. The van der Waals surface area contributed by atoms with Crippen molar-refractivity contribution in [2.24, 2.45) is 5.73 Å². The van der Waals surface area contributed by atoms with Gasteiger partial charge < -0.3 is 14.8 Å². The Bertz CT molecular complexity index is 299. The van der Waals surface area contributed by atoms with E-state index in [0.717, 1.165) is 5.56 Å². The molecule has 0 saturated carbocycles. The summed E-state index contributed by atoms with van der Waals surface area (Å²) < 4.78 is 9.27. The summed E-state index contributed by atoms with van der Waals surface area (Å²) in [6, 6.07) is 6.86. The molecule has 0 aliphatic carbocycles. The van der Waals surface area contributed by atoms with E-state index in [1.54, 1.807) is 24.3 Å². The Hall–Kier alpha value is -1.26. The number of hydrogen-bond donors (Lipinski definition) is 1. The van der Waals surface area contributed by atoms with Crippen molar-refractivity contribution in [1.29, 1.82) is 0 Å². The number of ether oxygens (including phenoxy) is 1. The van der Waals surface area contributed by atoms with E-state index < -0.39 is 5.97 Å². The van der Waals surface area contributed by atoms with E-state index in [-0.39, 0.29) is 13.2 Å². The molecule has 0 radical (unpaired) electrons. The van der Waals surface area contributed by atoms with Crippen LogP contribution >= 0.6 is 11.9 Å². The third-order valence-electron chi connectivity index (χ3n) is 1.58. The van der Waals surface area contributed by atoms with Gasteiger partial charge in [0, 0.05) is 0 Å². The van der Waals surface area contributed by atoms with E-state index >= 15 is 0 Å². The van der Waals surface area contributed by atoms with Gasteiger partial charge in [-0.3, -0.25) is 4.79 Å². The number of rotatable bonds is 4. The molecule has 0 heterocycles. The smallest absolute Gasteiger partial charge is 0.320 e. The first-order valence-corrected chi connectivity index (χ1v) is 4.30. The summed E-state index contributed by atoms with van der Waals surface area (Å²) in [5, 5.41) is 0. The van der Waals surface area contributed by atoms with Gasteiger partial charge in [-0.05, 0) is 17.7 Å². The molecule has 0 spiro atoms. The summed E-state index contributed by atoms with van der Waals surface area (Å²) in [5.41, 5.74) is 5.92. The van der Waals surface area contributed by atoms with Gasteiger partial charge in [0.25, 0.3) is 0 Å². The second kappa shape index (κ2) is 5.47. The molecule has 0 fully saturated rings. The Kier molecular flexibility index (Phi) is 4.22. The molecular formula is C9H10ClNO3. The van der Waals surface area contributed by atoms with E-state index in [2.05, 4.69) is 4.29 Å². The lowest BCUT2D eigenvalue weighted by Crippen LogP contribution is -2.16. The van der Waals surface area contributed by atoms with E-state index in [1.165, 1.54) is 0 Å². The van der Waals surface area contributed by atoms with Crippen LogP contribution in [0.15, 0.2) is 24.3 Å². The predicted octanol–water partition coefficient (Wildman–Crippen LogP) is 1.22. The van der Waals surface area contributed by atoms with Crippen LogP contribution in [0.5, 0.6) is 5.75 Å². The van der Waals surface area contributed by atoms with Gasteiger partial charge in [0.1, 0.15) is 24.2 Å². The Balaban J connectivity index is 2.47. The van der Waals surface area contributed by atoms with Crippen molar-refractivity contribution < 1.29 is 13.8 Å². The summed E-state index contributed by atoms with van der Waals surface area (Å²) in [4.78, 5) is 10.7. The minimum Gasteiger partial charge on any atom is -0.460 e. The number of halogens is 1. The average molecular weight is 216 g/mol. The Labute approximate surface area is 86.7 Å². The highest BCUT2D eigenvalue weighted by molar-refractivity contribution is 6.09. The van der Waals surface area contributed by atoms with Crippen molar-refractivity contribution in [1.82, 2.24) is 0 Å². The maximum absolute atomic E-state index is 10.7. The van der Waals surface area contributed by atoms with Crippen LogP contribution in [-0.4, -0.2) is 12.5 Å². The monoisotopic (exact) mass is 215 g/mol. The van der Waals surface area contributed by atoms with Crippen LogP contribution < -0.4 is 10.0 Å². The van der Waals surface area contributed by atoms with Gasteiger partial charge in [-0.1, -0.05) is 12.1 Å². The number of nitrogens with two attached hydrogens (primary N) is 1. The molecule has 0 amide bonds. The number of benzene rings is 1. The summed E-state index contributed by atoms with van der Waals surface area (Å²) in [7, 11) is 0. The summed E-state index contributed by atoms with van der Waals surface area (Å²) in [5.74, 6) is 0.114. The van der Waals surface area contributed by atoms with Crippen LogP contribution in [0, 0.1) is 0 Å². The normalized spacial score (nSPS) is 9.57. The van der Waals surface area contributed by atoms with Gasteiger partial charge in [0.15, 0.2) is 0 Å². The first-order valence-electron chi connectivity index (χ1n) is 3.99. The Morgan fingerprint density at radius 1 is 1.36 bits per heavy atom. The van der Waals surface area contributed by atoms with E-state index in [9.17, 15) is 4.79 Å². The average Bonchev–Trinajstić information content (AvgIpc) is 2.26. The SMILES string of the molecule is NCC(=O)OCc1ccc(OCl)cc1. The second-order valence-electron chi connectivity index (χ2n) is 2.59. The fraction of sp³-hybridized carbons (Fsp3) is 0.222. The summed E-state index contributed by atoms with van der Waals surface area (Å²) in [6.45, 7) is 0.0987. The van der Waals surface area contributed by atoms with E-state index in [4.69, 9.17) is 22.3 Å². The lowest BCUT2D eigenvalue weighted by Gasteiger charge is -2.03. The van der Waals surface area contributed by atoms with Crippen molar-refractivity contribution in [3.63, 3.8) is 0 Å². The van der Waals surface area contributed by atoms with Gasteiger partial charge in [0.2, 0.25) is 0 Å². The zero-order chi connectivity index (χ0) is 10.4. The highest BCUT2D eigenvalue weighted by Gasteiger charge is 2.00. The van der Waals surface area contributed by atoms with Crippen LogP contribution in [0.2, 0.25) is 0 Å². The quantitative estimate of drug-likeness (QED) is 0.768. The molecule has 0 bridgehead atoms. The molecule has 14 heavy (non-hydrogen) atoms. The molecule has 0 unspecified atom stereocenters. The number of carbonyl (C=O) groups excluding carboxylic acids is 1. The molecule has 0 atom stereocenters. The van der Waals surface area contributed by atoms with Crippen LogP contribution in [0.1, 0.15) is 5.56 Å². The molecule has 0 aliphatic heterocycles. The number of carbonyl (C=O) groups is 1. The summed E-state index contributed by atoms with van der Waals surface area (Å²) >= 11 is 5.13. The lowest BCUT2D eigenvalue weighted by atomic mass is 10.2. The molecule has 0 aliphatic rings. The molecule has 1 aromatic rings. The van der Waals surface area contributed by atoms with Crippen molar-refractivity contribution >= 4 is 17.8 Å². The third-order valence-corrected chi connectivity index (χ3v) is 1.76. The lowest BCUT2D eigenvalue weighted by molar-refractivity contribution is -0.143. The van der Waals surface area contributed by atoms with Gasteiger partial charge in [-0.25, -0.2) is 0 Å². The van der Waals surface area contributed by atoms with Crippen LogP contribution in [-0.2, 0) is 16.1 Å². The number of hydrogen-bond acceptors (Lipinski definition) is 4. The molecule has 5 heteroatoms. The van der Waals surface area contributed by atoms with Gasteiger partial charge in [0.05, 0.1) is 6.54 Å². The Morgan fingerprint density at radius 2 is 2.00 bits per heavy atom. The topological polar surface area (TPSA) is 61.6 Å². The molecule has 0 aromatic heterocycles. The molecule has 4 nitrogen and oxygen atoms in total. The first kappa shape index (κ1) is 10.8. The van der Waals surface area contributed by atoms with Gasteiger partial charge >= 0.3 is 5.97 Å². The van der Waals surface area contributed by atoms with Crippen molar-refractivity contribution in [3.8, 4) is 5.75 Å². The van der Waals surface area contributed by atoms with E-state index in [0.29, 0.717) is 5.75 Å². The number of esters is 1. The fourth-order valence-electron chi connectivity index (χ4n) is 0.860. The largest absolute Gasteiger partial charge is 0.460 e. The van der Waals surface area contributed by atoms with E-state index in [1.807, 2.05) is 0 Å². The highest BCUT2D eigenvalue weighted by atomic mass is 35.5. The zero-order valence-electron chi connectivity index (χ0n) is 7.40. The summed E-state index contributed by atoms with van der Waals surface area (Å²) in [6.07, 6.45) is 0. The van der Waals surface area contributed by atoms with Crippen molar-refractivity contribution in [2.45, 2.75) is 6.61 Å². The molecule has 1 rings (SSSR count). The standard InChI is InChI=1S/C9H10ClNO3/c10-14-8-3-1-7(2-4-8)6-13-9(12)5-11/h1-4H,5-6,11H2. The van der Waals surface area contributed by atoms with Crippen molar-refractivity contribution in [2.75, 3.05) is 6.54 Å². The maximum atomic E-state index is 10.7. The van der Waals surface area contributed by atoms with Gasteiger partial charge in [-0.2, -0.15) is 0 Å². The van der Waals surface area contributed by atoms with Crippen LogP contribution in [0.3, 0.4) is 0 Å². The van der Waals surface area contributed by atoms with Crippen LogP contribution in [0.4, 0.5) is 0 Å². The molecule has 76 valence electrons. The zero-order valence-corrected chi connectivity index (χ0v) is 8.16. The fourth-order valence-corrected chi connectivity index (χ4v) is 0.963. The highest BCUT2D eigenvalue weighted by Crippen LogP contribution is 2.13. The first-order chi connectivity index (χ1) is 6.76. The molecule has 1 aromatic carbocycles. The molecular weight excluding hydrogens is 206 g/mol. The minimum absolute atomic E-state index is 0.108. The minimum atomic E-state index is -0.428. The second-order valence-corrected chi connectivity index (χ2v) is 2.74. The van der Waals surface area contributed by atoms with Crippen LogP contribution in [0.25, 0.3) is 0 Å². The third kappa shape index (κ3) is 3.24. The molecule has 0 saturated heterocycles. The van der Waals surface area contributed by atoms with Gasteiger partial charge in [-0.15, -0.1) is 0 Å².